The van der Waals surface area contributed by atoms with E-state index in [9.17, 15) is 16.8 Å². The van der Waals surface area contributed by atoms with Crippen molar-refractivity contribution in [2.24, 2.45) is 0 Å². The Bertz CT molecular complexity index is 2380. The molecular formula is C33H24N4O4S2. The first-order valence-corrected chi connectivity index (χ1v) is 16.3. The number of anilines is 2. The van der Waals surface area contributed by atoms with E-state index < -0.39 is 20.0 Å². The third-order valence-corrected chi connectivity index (χ3v) is 9.97. The number of nitrogens with zero attached hydrogens (tertiary/aromatic N) is 1. The topological polar surface area (TPSA) is 121 Å². The molecule has 0 saturated heterocycles. The average Bonchev–Trinajstić information content (AvgIpc) is 3.44. The van der Waals surface area contributed by atoms with E-state index in [0.29, 0.717) is 28.2 Å². The van der Waals surface area contributed by atoms with Gasteiger partial charge in [-0.05, 0) is 88.3 Å². The van der Waals surface area contributed by atoms with Gasteiger partial charge in [0.05, 0.1) is 26.5 Å². The first-order valence-electron chi connectivity index (χ1n) is 13.4. The second-order valence-electron chi connectivity index (χ2n) is 10.1. The second kappa shape index (κ2) is 10.3. The zero-order valence-corrected chi connectivity index (χ0v) is 24.2. The van der Waals surface area contributed by atoms with Crippen LogP contribution in [-0.2, 0) is 20.0 Å². The van der Waals surface area contributed by atoms with E-state index in [1.165, 1.54) is 0 Å². The zero-order valence-electron chi connectivity index (χ0n) is 22.5. The van der Waals surface area contributed by atoms with Crippen molar-refractivity contribution in [3.63, 3.8) is 0 Å². The van der Waals surface area contributed by atoms with Crippen molar-refractivity contribution in [1.29, 1.82) is 0 Å². The Kier molecular flexibility index (Phi) is 6.37. The molecule has 0 aliphatic carbocycles. The van der Waals surface area contributed by atoms with Gasteiger partial charge in [0.15, 0.2) is 0 Å². The van der Waals surface area contributed by atoms with E-state index in [2.05, 4.69) is 19.4 Å². The lowest BCUT2D eigenvalue weighted by atomic mass is 10.1. The second-order valence-corrected chi connectivity index (χ2v) is 13.5. The molecule has 6 aromatic carbocycles. The maximum atomic E-state index is 13.1. The van der Waals surface area contributed by atoms with Gasteiger partial charge in [0.2, 0.25) is 0 Å². The van der Waals surface area contributed by atoms with E-state index in [-0.39, 0.29) is 9.79 Å². The van der Waals surface area contributed by atoms with Crippen molar-refractivity contribution in [2.45, 2.75) is 9.79 Å². The maximum Gasteiger partial charge on any atom is 0.261 e. The summed E-state index contributed by atoms with van der Waals surface area (Å²) in [6.07, 6.45) is 0. The molecule has 7 rings (SSSR count). The third-order valence-electron chi connectivity index (χ3n) is 7.21. The Balaban J connectivity index is 1.10. The van der Waals surface area contributed by atoms with Crippen molar-refractivity contribution in [3.05, 3.63) is 127 Å². The molecule has 0 spiro atoms. The van der Waals surface area contributed by atoms with Crippen LogP contribution in [0.2, 0.25) is 0 Å². The van der Waals surface area contributed by atoms with Crippen LogP contribution >= 0.6 is 0 Å². The van der Waals surface area contributed by atoms with Crippen molar-refractivity contribution >= 4 is 64.0 Å². The van der Waals surface area contributed by atoms with Gasteiger partial charge in [-0.2, -0.15) is 0 Å². The standard InChI is InChI=1S/C33H24N4O4S2/c38-42(39,29-16-11-22-5-1-3-7-25(22)19-29)36-27-13-9-24(10-14-27)33-34-31-18-15-28(21-32(31)35-33)37-43(40,41)30-17-12-23-6-2-4-8-26(23)20-30/h1-21,36-37H,(H,34,35). The number of hydrogen-bond acceptors (Lipinski definition) is 5. The van der Waals surface area contributed by atoms with E-state index in [1.54, 1.807) is 78.9 Å². The summed E-state index contributed by atoms with van der Waals surface area (Å²) in [6.45, 7) is 0. The minimum atomic E-state index is -3.81. The predicted molar refractivity (Wildman–Crippen MR) is 171 cm³/mol. The van der Waals surface area contributed by atoms with Gasteiger partial charge in [-0.15, -0.1) is 0 Å². The van der Waals surface area contributed by atoms with Crippen LogP contribution in [0.5, 0.6) is 0 Å². The summed E-state index contributed by atoms with van der Waals surface area (Å²) in [5.74, 6) is 0.563. The monoisotopic (exact) mass is 604 g/mol. The Hall–Kier alpha value is -5.19. The average molecular weight is 605 g/mol. The predicted octanol–water partition coefficient (Wildman–Crippen LogP) is 7.14. The van der Waals surface area contributed by atoms with Gasteiger partial charge in [-0.1, -0.05) is 60.7 Å². The van der Waals surface area contributed by atoms with Gasteiger partial charge in [-0.25, -0.2) is 21.8 Å². The summed E-state index contributed by atoms with van der Waals surface area (Å²) in [4.78, 5) is 8.20. The lowest BCUT2D eigenvalue weighted by Gasteiger charge is -2.09. The maximum absolute atomic E-state index is 13.1. The molecule has 0 aliphatic heterocycles. The highest BCUT2D eigenvalue weighted by atomic mass is 32.2. The minimum Gasteiger partial charge on any atom is -0.338 e. The third kappa shape index (κ3) is 5.29. The van der Waals surface area contributed by atoms with Crippen LogP contribution in [0.25, 0.3) is 44.0 Å². The van der Waals surface area contributed by atoms with Crippen LogP contribution in [0.3, 0.4) is 0 Å². The molecule has 0 fully saturated rings. The molecule has 3 N–H and O–H groups in total. The van der Waals surface area contributed by atoms with Crippen LogP contribution in [0, 0.1) is 0 Å². The summed E-state index contributed by atoms with van der Waals surface area (Å²) in [7, 11) is -7.59. The summed E-state index contributed by atoms with van der Waals surface area (Å²) in [6, 6.07) is 37.2. The van der Waals surface area contributed by atoms with Gasteiger partial charge < -0.3 is 4.98 Å². The number of rotatable bonds is 7. The van der Waals surface area contributed by atoms with Crippen molar-refractivity contribution in [3.8, 4) is 11.4 Å². The van der Waals surface area contributed by atoms with Crippen molar-refractivity contribution in [1.82, 2.24) is 9.97 Å². The first-order chi connectivity index (χ1) is 20.7. The fourth-order valence-corrected chi connectivity index (χ4v) is 7.18. The molecule has 1 aromatic heterocycles. The zero-order chi connectivity index (χ0) is 29.6. The summed E-state index contributed by atoms with van der Waals surface area (Å²) in [5, 5.41) is 3.61. The Morgan fingerprint density at radius 2 is 1.02 bits per heavy atom. The Morgan fingerprint density at radius 3 is 1.60 bits per heavy atom. The Morgan fingerprint density at radius 1 is 0.512 bits per heavy atom. The van der Waals surface area contributed by atoms with Crippen LogP contribution in [-0.4, -0.2) is 26.8 Å². The lowest BCUT2D eigenvalue weighted by Crippen LogP contribution is -2.12. The summed E-state index contributed by atoms with van der Waals surface area (Å²) in [5.41, 5.74) is 2.86. The molecule has 8 nitrogen and oxygen atoms in total. The summed E-state index contributed by atoms with van der Waals surface area (Å²) < 4.78 is 57.5. The molecule has 7 aromatic rings. The minimum absolute atomic E-state index is 0.174. The van der Waals surface area contributed by atoms with Gasteiger partial charge >= 0.3 is 0 Å². The van der Waals surface area contributed by atoms with Crippen LogP contribution < -0.4 is 9.44 Å². The van der Waals surface area contributed by atoms with E-state index >= 15 is 0 Å². The molecule has 0 aliphatic rings. The van der Waals surface area contributed by atoms with Crippen molar-refractivity contribution < 1.29 is 16.8 Å². The largest absolute Gasteiger partial charge is 0.338 e. The molecule has 1 heterocycles. The molecule has 0 atom stereocenters. The fraction of sp³-hybridized carbons (Fsp3) is 0. The fourth-order valence-electron chi connectivity index (χ4n) is 5.00. The highest BCUT2D eigenvalue weighted by Crippen LogP contribution is 2.27. The number of nitrogens with one attached hydrogen (secondary N) is 3. The SMILES string of the molecule is O=S(=O)(Nc1ccc(-c2nc3ccc(NS(=O)(=O)c4ccc5ccccc5c4)cc3[nH]2)cc1)c1ccc2ccccc2c1. The number of imidazole rings is 1. The Labute approximate surface area is 248 Å². The number of benzene rings is 6. The highest BCUT2D eigenvalue weighted by molar-refractivity contribution is 7.93. The molecular weight excluding hydrogens is 581 g/mol. The lowest BCUT2D eigenvalue weighted by molar-refractivity contribution is 0.599. The van der Waals surface area contributed by atoms with Gasteiger partial charge in [0.25, 0.3) is 20.0 Å². The quantitative estimate of drug-likeness (QED) is 0.179. The number of sulfonamides is 2. The highest BCUT2D eigenvalue weighted by Gasteiger charge is 2.17. The molecule has 43 heavy (non-hydrogen) atoms. The number of aromatic amines is 1. The van der Waals surface area contributed by atoms with E-state index in [4.69, 9.17) is 0 Å². The van der Waals surface area contributed by atoms with Gasteiger partial charge in [-0.3, -0.25) is 9.44 Å². The van der Waals surface area contributed by atoms with E-state index in [1.807, 2.05) is 48.5 Å². The molecule has 0 unspecified atom stereocenters. The molecule has 212 valence electrons. The molecule has 0 bridgehead atoms. The number of fused-ring (bicyclic) bond motifs is 3. The van der Waals surface area contributed by atoms with Crippen LogP contribution in [0.4, 0.5) is 11.4 Å². The molecule has 10 heteroatoms. The van der Waals surface area contributed by atoms with Crippen molar-refractivity contribution in [2.75, 3.05) is 9.44 Å². The molecule has 0 saturated carbocycles. The molecule has 0 amide bonds. The number of aromatic nitrogens is 2. The first kappa shape index (κ1) is 26.7. The number of hydrogen-bond donors (Lipinski definition) is 3. The number of H-pyrrole nitrogens is 1. The van der Waals surface area contributed by atoms with Crippen LogP contribution in [0.1, 0.15) is 0 Å². The van der Waals surface area contributed by atoms with Crippen LogP contribution in [0.15, 0.2) is 137 Å². The molecule has 0 radical (unpaired) electrons. The summed E-state index contributed by atoms with van der Waals surface area (Å²) >= 11 is 0. The van der Waals surface area contributed by atoms with E-state index in [0.717, 1.165) is 27.1 Å². The van der Waals surface area contributed by atoms with Gasteiger partial charge in [0.1, 0.15) is 5.82 Å². The normalized spacial score (nSPS) is 12.1. The van der Waals surface area contributed by atoms with Gasteiger partial charge in [0, 0.05) is 11.3 Å². The smallest absolute Gasteiger partial charge is 0.261 e.